The highest BCUT2D eigenvalue weighted by Crippen LogP contribution is 2.42. The van der Waals surface area contributed by atoms with E-state index in [1.54, 1.807) is 0 Å². The van der Waals surface area contributed by atoms with Crippen molar-refractivity contribution < 1.29 is 22.3 Å². The van der Waals surface area contributed by atoms with Crippen LogP contribution in [0.25, 0.3) is 11.0 Å². The van der Waals surface area contributed by atoms with Crippen molar-refractivity contribution in [2.45, 2.75) is 51.6 Å². The minimum atomic E-state index is -3.34. The molecule has 3 rings (SSSR count). The van der Waals surface area contributed by atoms with E-state index in [4.69, 9.17) is 0 Å². The summed E-state index contributed by atoms with van der Waals surface area (Å²) in [5, 5.41) is 0. The van der Waals surface area contributed by atoms with E-state index in [-0.39, 0.29) is 16.8 Å². The largest absolute Gasteiger partial charge is 0.435 e. The minimum Gasteiger partial charge on any atom is -0.435 e. The van der Waals surface area contributed by atoms with Gasteiger partial charge in [0.15, 0.2) is 5.69 Å². The predicted molar refractivity (Wildman–Crippen MR) is 88.6 cm³/mol. The van der Waals surface area contributed by atoms with Crippen molar-refractivity contribution in [2.75, 3.05) is 0 Å². The van der Waals surface area contributed by atoms with Crippen LogP contribution < -0.4 is 10.3 Å². The van der Waals surface area contributed by atoms with Gasteiger partial charge in [-0.1, -0.05) is 19.8 Å². The van der Waals surface area contributed by atoms with Gasteiger partial charge in [0, 0.05) is 12.5 Å². The van der Waals surface area contributed by atoms with Crippen molar-refractivity contribution in [3.05, 3.63) is 34.2 Å². The Morgan fingerprint density at radius 2 is 2.08 bits per heavy atom. The highest BCUT2D eigenvalue weighted by atomic mass is 19.3. The number of halogens is 4. The number of alkyl halides is 4. The second kappa shape index (κ2) is 7.25. The molecule has 142 valence electrons. The molecule has 0 bridgehead atoms. The van der Waals surface area contributed by atoms with Gasteiger partial charge in [0.2, 0.25) is 0 Å². The van der Waals surface area contributed by atoms with Crippen LogP contribution in [0.15, 0.2) is 23.0 Å². The Labute approximate surface area is 147 Å². The number of unbranched alkanes of at least 4 members (excludes halogenated alkanes) is 1. The third-order valence-corrected chi connectivity index (χ3v) is 4.83. The van der Waals surface area contributed by atoms with E-state index in [0.717, 1.165) is 12.5 Å². The lowest BCUT2D eigenvalue weighted by Gasteiger charge is -2.15. The molecule has 1 heterocycles. The number of aromatic amines is 1. The fraction of sp³-hybridized carbons (Fsp3) is 0.556. The lowest BCUT2D eigenvalue weighted by molar-refractivity contribution is -0.0497. The summed E-state index contributed by atoms with van der Waals surface area (Å²) >= 11 is 0. The third kappa shape index (κ3) is 4.34. The second-order valence-corrected chi connectivity index (χ2v) is 6.90. The summed E-state index contributed by atoms with van der Waals surface area (Å²) in [6.45, 7) is -0.871. The summed E-state index contributed by atoms with van der Waals surface area (Å²) < 4.78 is 57.5. The van der Waals surface area contributed by atoms with Gasteiger partial charge >= 0.3 is 6.61 Å². The fourth-order valence-electron chi connectivity index (χ4n) is 3.16. The van der Waals surface area contributed by atoms with Crippen LogP contribution in [0.2, 0.25) is 0 Å². The van der Waals surface area contributed by atoms with E-state index in [1.165, 1.54) is 18.6 Å². The van der Waals surface area contributed by atoms with Gasteiger partial charge in [-0.25, -0.2) is 4.98 Å². The number of nitrogens with zero attached hydrogens (tertiary/aromatic N) is 1. The van der Waals surface area contributed by atoms with Gasteiger partial charge in [-0.05, 0) is 36.8 Å². The fourth-order valence-corrected chi connectivity index (χ4v) is 3.16. The molecular weight excluding hydrogens is 352 g/mol. The quantitative estimate of drug-likeness (QED) is 0.533. The summed E-state index contributed by atoms with van der Waals surface area (Å²) in [6, 6.07) is 3.59. The number of hydrogen-bond donors (Lipinski definition) is 1. The van der Waals surface area contributed by atoms with Crippen LogP contribution >= 0.6 is 0 Å². The number of nitrogens with one attached hydrogen (secondary N) is 1. The van der Waals surface area contributed by atoms with Crippen molar-refractivity contribution in [1.82, 2.24) is 9.97 Å². The van der Waals surface area contributed by atoms with Gasteiger partial charge < -0.3 is 9.72 Å². The van der Waals surface area contributed by atoms with Crippen LogP contribution in [-0.4, -0.2) is 16.6 Å². The molecule has 4 nitrogen and oxygen atoms in total. The number of fused-ring (bicyclic) bond motifs is 1. The van der Waals surface area contributed by atoms with Gasteiger partial charge in [0.05, 0.1) is 11.0 Å². The highest BCUT2D eigenvalue weighted by molar-refractivity contribution is 5.75. The Kier molecular flexibility index (Phi) is 5.20. The number of ether oxygens (including phenoxy) is 1. The molecule has 2 aromatic rings. The van der Waals surface area contributed by atoms with Gasteiger partial charge in [0.1, 0.15) is 5.75 Å². The molecule has 8 heteroatoms. The molecule has 0 amide bonds. The number of rotatable bonds is 8. The van der Waals surface area contributed by atoms with Crippen LogP contribution in [0.3, 0.4) is 0 Å². The second-order valence-electron chi connectivity index (χ2n) is 6.90. The van der Waals surface area contributed by atoms with Crippen LogP contribution in [0.1, 0.15) is 44.7 Å². The van der Waals surface area contributed by atoms with Crippen molar-refractivity contribution in [1.29, 1.82) is 0 Å². The van der Waals surface area contributed by atoms with Crippen LogP contribution in [0, 0.1) is 11.8 Å². The standard InChI is InChI=1S/C18H20F4N2O2/c1-10-8-11(10)4-2-3-7-18(21,22)15-16(25)24-14-9-12(26-17(19)20)5-6-13(14)23-15/h5-6,9-11,17H,2-4,7-8H2,1H3,(H,24,25). The molecule has 2 atom stereocenters. The summed E-state index contributed by atoms with van der Waals surface area (Å²) in [4.78, 5) is 18.1. The molecule has 1 N–H and O–H groups in total. The van der Waals surface area contributed by atoms with E-state index in [9.17, 15) is 22.4 Å². The predicted octanol–water partition coefficient (Wildman–Crippen LogP) is 4.83. The summed E-state index contributed by atoms with van der Waals surface area (Å²) in [6.07, 6.45) is 2.68. The van der Waals surface area contributed by atoms with E-state index in [2.05, 4.69) is 21.6 Å². The topological polar surface area (TPSA) is 55.0 Å². The minimum absolute atomic E-state index is 0.0652. The Morgan fingerprint density at radius 1 is 1.35 bits per heavy atom. The first kappa shape index (κ1) is 18.7. The van der Waals surface area contributed by atoms with E-state index in [0.29, 0.717) is 24.7 Å². The molecule has 1 aromatic heterocycles. The average molecular weight is 372 g/mol. The Morgan fingerprint density at radius 3 is 2.73 bits per heavy atom. The molecule has 1 saturated carbocycles. The Bertz CT molecular complexity index is 838. The molecule has 1 aliphatic rings. The first-order chi connectivity index (χ1) is 12.3. The maximum Gasteiger partial charge on any atom is 0.387 e. The molecule has 26 heavy (non-hydrogen) atoms. The van der Waals surface area contributed by atoms with E-state index < -0.39 is 30.2 Å². The maximum absolute atomic E-state index is 14.4. The molecule has 2 unspecified atom stereocenters. The number of H-pyrrole nitrogens is 1. The third-order valence-electron chi connectivity index (χ3n) is 4.83. The zero-order chi connectivity index (χ0) is 18.9. The van der Waals surface area contributed by atoms with E-state index in [1.807, 2.05) is 0 Å². The Balaban J connectivity index is 1.73. The monoisotopic (exact) mass is 372 g/mol. The SMILES string of the molecule is CC1CC1CCCCC(F)(F)c1nc2ccc(OC(F)F)cc2[nH]c1=O. The van der Waals surface area contributed by atoms with Gasteiger partial charge in [0.25, 0.3) is 11.5 Å². The smallest absolute Gasteiger partial charge is 0.387 e. The van der Waals surface area contributed by atoms with Gasteiger partial charge in [-0.2, -0.15) is 17.6 Å². The highest BCUT2D eigenvalue weighted by Gasteiger charge is 2.37. The van der Waals surface area contributed by atoms with Gasteiger partial charge in [-0.3, -0.25) is 4.79 Å². The van der Waals surface area contributed by atoms with Crippen LogP contribution in [0.4, 0.5) is 17.6 Å². The number of benzene rings is 1. The zero-order valence-corrected chi connectivity index (χ0v) is 14.3. The molecule has 0 spiro atoms. The maximum atomic E-state index is 14.4. The Hall–Kier alpha value is -2.12. The molecule has 1 aliphatic carbocycles. The zero-order valence-electron chi connectivity index (χ0n) is 14.3. The number of hydrogen-bond acceptors (Lipinski definition) is 3. The lowest BCUT2D eigenvalue weighted by atomic mass is 10.0. The molecule has 1 aromatic carbocycles. The molecule has 1 fully saturated rings. The van der Waals surface area contributed by atoms with Crippen molar-refractivity contribution >= 4 is 11.0 Å². The van der Waals surface area contributed by atoms with E-state index >= 15 is 0 Å². The van der Waals surface area contributed by atoms with Crippen molar-refractivity contribution in [3.8, 4) is 5.75 Å². The number of aromatic nitrogens is 2. The first-order valence-corrected chi connectivity index (χ1v) is 8.63. The first-order valence-electron chi connectivity index (χ1n) is 8.63. The van der Waals surface area contributed by atoms with Crippen molar-refractivity contribution in [3.63, 3.8) is 0 Å². The van der Waals surface area contributed by atoms with Crippen molar-refractivity contribution in [2.24, 2.45) is 11.8 Å². The molecule has 0 saturated heterocycles. The van der Waals surface area contributed by atoms with Gasteiger partial charge in [-0.15, -0.1) is 0 Å². The molecular formula is C18H20F4N2O2. The normalized spacial score (nSPS) is 19.9. The average Bonchev–Trinajstić information content (AvgIpc) is 3.25. The summed E-state index contributed by atoms with van der Waals surface area (Å²) in [7, 11) is 0. The molecule has 0 aliphatic heterocycles. The summed E-state index contributed by atoms with van der Waals surface area (Å²) in [5.41, 5.74) is -1.71. The van der Waals surface area contributed by atoms with Crippen LogP contribution in [0.5, 0.6) is 5.75 Å². The lowest BCUT2D eigenvalue weighted by Crippen LogP contribution is -2.27. The summed E-state index contributed by atoms with van der Waals surface area (Å²) in [5.74, 6) is -2.18. The van der Waals surface area contributed by atoms with Crippen LogP contribution in [-0.2, 0) is 5.92 Å². The molecule has 0 radical (unpaired) electrons.